The molecule has 0 unspecified atom stereocenters. The molecule has 0 saturated carbocycles. The van der Waals surface area contributed by atoms with E-state index in [4.69, 9.17) is 0 Å². The summed E-state index contributed by atoms with van der Waals surface area (Å²) in [5, 5.41) is 12.8. The van der Waals surface area contributed by atoms with Crippen molar-refractivity contribution in [3.8, 4) is 0 Å². The first kappa shape index (κ1) is 20.6. The largest absolute Gasteiger partial charge is 0.324 e. The smallest absolute Gasteiger partial charge is 0.294 e. The molecular weight excluding hydrogens is 414 g/mol. The highest BCUT2D eigenvalue weighted by atomic mass is 32.2. The summed E-state index contributed by atoms with van der Waals surface area (Å²) in [4.78, 5) is 49.1. The van der Waals surface area contributed by atoms with Gasteiger partial charge in [-0.3, -0.25) is 29.4 Å². The Morgan fingerprint density at radius 3 is 2.62 bits per heavy atom. The van der Waals surface area contributed by atoms with Crippen molar-refractivity contribution >= 4 is 58.0 Å². The summed E-state index contributed by atoms with van der Waals surface area (Å²) in [5.41, 5.74) is 1.05. The Balaban J connectivity index is 1.68. The van der Waals surface area contributed by atoms with Crippen LogP contribution in [0.1, 0.15) is 5.56 Å². The van der Waals surface area contributed by atoms with Gasteiger partial charge in [0.15, 0.2) is 0 Å². The molecule has 10 heteroatoms. The Labute approximate surface area is 174 Å². The van der Waals surface area contributed by atoms with Gasteiger partial charge >= 0.3 is 0 Å². The molecule has 0 aliphatic carbocycles. The summed E-state index contributed by atoms with van der Waals surface area (Å²) in [6.07, 6.45) is 3.38. The van der Waals surface area contributed by atoms with E-state index in [1.807, 2.05) is 12.3 Å². The van der Waals surface area contributed by atoms with Gasteiger partial charge in [0.05, 0.1) is 9.83 Å². The van der Waals surface area contributed by atoms with Crippen LogP contribution in [-0.4, -0.2) is 39.7 Å². The Morgan fingerprint density at radius 2 is 1.97 bits per heavy atom. The van der Waals surface area contributed by atoms with Gasteiger partial charge in [-0.15, -0.1) is 11.8 Å². The first-order valence-electron chi connectivity index (χ1n) is 8.31. The zero-order valence-corrected chi connectivity index (χ0v) is 16.8. The van der Waals surface area contributed by atoms with Gasteiger partial charge in [-0.25, -0.2) is 0 Å². The van der Waals surface area contributed by atoms with Crippen LogP contribution in [0.3, 0.4) is 0 Å². The summed E-state index contributed by atoms with van der Waals surface area (Å²) in [6.45, 7) is -0.397. The number of non-ortho nitro benzene ring substituents is 1. The van der Waals surface area contributed by atoms with Crippen molar-refractivity contribution in [1.29, 1.82) is 0 Å². The lowest BCUT2D eigenvalue weighted by atomic mass is 10.2. The van der Waals surface area contributed by atoms with Crippen LogP contribution < -0.4 is 5.32 Å². The van der Waals surface area contributed by atoms with Crippen LogP contribution in [0.15, 0.2) is 58.3 Å². The molecule has 0 aromatic heterocycles. The molecule has 1 aliphatic heterocycles. The number of hydrogen-bond donors (Lipinski definition) is 1. The summed E-state index contributed by atoms with van der Waals surface area (Å²) in [5.74, 6) is -1.06. The highest BCUT2D eigenvalue weighted by Crippen LogP contribution is 2.32. The molecule has 3 rings (SSSR count). The molecule has 3 amide bonds. The summed E-state index contributed by atoms with van der Waals surface area (Å²) < 4.78 is 0. The molecule has 1 saturated heterocycles. The van der Waals surface area contributed by atoms with Crippen molar-refractivity contribution in [3.63, 3.8) is 0 Å². The summed E-state index contributed by atoms with van der Waals surface area (Å²) in [6, 6.07) is 12.8. The second-order valence-electron chi connectivity index (χ2n) is 5.90. The van der Waals surface area contributed by atoms with Gasteiger partial charge in [0.25, 0.3) is 16.8 Å². The van der Waals surface area contributed by atoms with Crippen LogP contribution in [0.2, 0.25) is 0 Å². The lowest BCUT2D eigenvalue weighted by Gasteiger charge is -2.12. The molecule has 148 valence electrons. The molecule has 8 nitrogen and oxygen atoms in total. The van der Waals surface area contributed by atoms with Crippen LogP contribution in [0.25, 0.3) is 6.08 Å². The van der Waals surface area contributed by atoms with Gasteiger partial charge in [0.2, 0.25) is 5.91 Å². The number of amides is 3. The number of nitro groups is 1. The number of nitro benzene ring substituents is 1. The van der Waals surface area contributed by atoms with E-state index in [1.165, 1.54) is 42.1 Å². The number of rotatable bonds is 6. The monoisotopic (exact) mass is 429 g/mol. The zero-order chi connectivity index (χ0) is 21.0. The Bertz CT molecular complexity index is 1020. The van der Waals surface area contributed by atoms with E-state index in [1.54, 1.807) is 18.2 Å². The number of anilines is 1. The van der Waals surface area contributed by atoms with Crippen LogP contribution in [0.5, 0.6) is 0 Å². The molecule has 1 fully saturated rings. The standard InChI is InChI=1S/C19H15N3O5S2/c1-28-15-4-2-3-13(10-15)20-17(23)11-21-18(24)16(29-19(21)25)9-12-5-7-14(8-6-12)22(26)27/h2-10H,11H2,1H3,(H,20,23)/b16-9+. The third-order valence-corrected chi connectivity index (χ3v) is 5.56. The normalized spacial score (nSPS) is 15.1. The molecule has 2 aromatic carbocycles. The molecule has 1 aliphatic rings. The van der Waals surface area contributed by atoms with E-state index in [0.29, 0.717) is 11.3 Å². The molecule has 0 atom stereocenters. The minimum Gasteiger partial charge on any atom is -0.324 e. The molecular formula is C19H15N3O5S2. The number of nitrogens with one attached hydrogen (secondary N) is 1. The highest BCUT2D eigenvalue weighted by molar-refractivity contribution is 8.18. The average molecular weight is 429 g/mol. The lowest BCUT2D eigenvalue weighted by Crippen LogP contribution is -2.36. The van der Waals surface area contributed by atoms with Gasteiger partial charge < -0.3 is 5.32 Å². The quantitative estimate of drug-likeness (QED) is 0.320. The molecule has 2 aromatic rings. The topological polar surface area (TPSA) is 110 Å². The highest BCUT2D eigenvalue weighted by Gasteiger charge is 2.36. The molecule has 0 radical (unpaired) electrons. The minimum atomic E-state index is -0.577. The number of carbonyl (C=O) groups excluding carboxylic acids is 3. The van der Waals surface area contributed by atoms with Crippen molar-refractivity contribution in [1.82, 2.24) is 4.90 Å². The number of thioether (sulfide) groups is 2. The van der Waals surface area contributed by atoms with Crippen molar-refractivity contribution < 1.29 is 19.3 Å². The van der Waals surface area contributed by atoms with Crippen molar-refractivity contribution in [2.24, 2.45) is 0 Å². The van der Waals surface area contributed by atoms with Crippen molar-refractivity contribution in [3.05, 3.63) is 69.1 Å². The van der Waals surface area contributed by atoms with Crippen molar-refractivity contribution in [2.45, 2.75) is 4.90 Å². The van der Waals surface area contributed by atoms with Crippen LogP contribution in [0, 0.1) is 10.1 Å². The van der Waals surface area contributed by atoms with E-state index in [-0.39, 0.29) is 10.6 Å². The van der Waals surface area contributed by atoms with Crippen LogP contribution in [0.4, 0.5) is 16.2 Å². The Hall–Kier alpha value is -3.11. The maximum atomic E-state index is 12.5. The maximum absolute atomic E-state index is 12.5. The van der Waals surface area contributed by atoms with Gasteiger partial charge in [-0.2, -0.15) is 0 Å². The molecule has 29 heavy (non-hydrogen) atoms. The predicted molar refractivity (Wildman–Crippen MR) is 113 cm³/mol. The molecule has 1 N–H and O–H groups in total. The van der Waals surface area contributed by atoms with Crippen molar-refractivity contribution in [2.75, 3.05) is 18.1 Å². The Kier molecular flexibility index (Phi) is 6.35. The van der Waals surface area contributed by atoms with Crippen LogP contribution >= 0.6 is 23.5 Å². The number of hydrogen-bond acceptors (Lipinski definition) is 7. The fraction of sp³-hybridized carbons (Fsp3) is 0.105. The number of imide groups is 1. The zero-order valence-electron chi connectivity index (χ0n) is 15.2. The third kappa shape index (κ3) is 5.04. The number of benzene rings is 2. The van der Waals surface area contributed by atoms with E-state index in [0.717, 1.165) is 21.6 Å². The van der Waals surface area contributed by atoms with Crippen LogP contribution in [-0.2, 0) is 9.59 Å². The summed E-state index contributed by atoms with van der Waals surface area (Å²) >= 11 is 2.25. The predicted octanol–water partition coefficient (Wildman–Crippen LogP) is 3.99. The van der Waals surface area contributed by atoms with E-state index < -0.39 is 28.5 Å². The first-order valence-corrected chi connectivity index (χ1v) is 10.4. The third-order valence-electron chi connectivity index (χ3n) is 3.93. The van der Waals surface area contributed by atoms with Gasteiger partial charge in [0, 0.05) is 22.7 Å². The SMILES string of the molecule is CSc1cccc(NC(=O)CN2C(=O)S/C(=C/c3ccc([N+](=O)[O-])cc3)C2=O)c1. The molecule has 0 bridgehead atoms. The van der Waals surface area contributed by atoms with E-state index in [2.05, 4.69) is 5.32 Å². The van der Waals surface area contributed by atoms with Gasteiger partial charge in [-0.05, 0) is 60.0 Å². The number of nitrogens with zero attached hydrogens (tertiary/aromatic N) is 2. The fourth-order valence-electron chi connectivity index (χ4n) is 2.52. The average Bonchev–Trinajstić information content (AvgIpc) is 2.96. The van der Waals surface area contributed by atoms with E-state index in [9.17, 15) is 24.5 Å². The number of carbonyl (C=O) groups is 3. The fourth-order valence-corrected chi connectivity index (χ4v) is 3.82. The minimum absolute atomic E-state index is 0.0718. The summed E-state index contributed by atoms with van der Waals surface area (Å²) in [7, 11) is 0. The van der Waals surface area contributed by atoms with Gasteiger partial charge in [0.1, 0.15) is 6.54 Å². The van der Waals surface area contributed by atoms with E-state index >= 15 is 0 Å². The molecule has 0 spiro atoms. The maximum Gasteiger partial charge on any atom is 0.294 e. The second-order valence-corrected chi connectivity index (χ2v) is 7.77. The second kappa shape index (κ2) is 8.93. The first-order chi connectivity index (χ1) is 13.9. The Morgan fingerprint density at radius 1 is 1.24 bits per heavy atom. The molecule has 1 heterocycles. The lowest BCUT2D eigenvalue weighted by molar-refractivity contribution is -0.384. The van der Waals surface area contributed by atoms with Gasteiger partial charge in [-0.1, -0.05) is 6.07 Å².